The van der Waals surface area contributed by atoms with Gasteiger partial charge in [-0.1, -0.05) is 30.3 Å². The van der Waals surface area contributed by atoms with Crippen LogP contribution < -0.4 is 5.32 Å². The number of H-pyrrole nitrogens is 1. The fourth-order valence-corrected chi connectivity index (χ4v) is 3.45. The van der Waals surface area contributed by atoms with Gasteiger partial charge in [0.15, 0.2) is 0 Å². The van der Waals surface area contributed by atoms with Crippen molar-refractivity contribution in [2.45, 2.75) is 12.5 Å². The summed E-state index contributed by atoms with van der Waals surface area (Å²) in [6.45, 7) is 0.838. The van der Waals surface area contributed by atoms with E-state index < -0.39 is 6.04 Å². The largest absolute Gasteiger partial charge is 0.361 e. The summed E-state index contributed by atoms with van der Waals surface area (Å²) in [5.74, 6) is -0.740. The van der Waals surface area contributed by atoms with E-state index >= 15 is 0 Å². The molecule has 26 heavy (non-hydrogen) atoms. The Hall–Kier alpha value is -3.15. The predicted octanol–water partition coefficient (Wildman–Crippen LogP) is 2.55. The summed E-state index contributed by atoms with van der Waals surface area (Å²) in [6, 6.07) is 12.8. The second-order valence-electron chi connectivity index (χ2n) is 6.37. The van der Waals surface area contributed by atoms with E-state index in [9.17, 15) is 14.0 Å². The first kappa shape index (κ1) is 16.3. The van der Waals surface area contributed by atoms with E-state index in [1.807, 2.05) is 30.5 Å². The van der Waals surface area contributed by atoms with Crippen molar-refractivity contribution in [3.05, 3.63) is 71.7 Å². The maximum absolute atomic E-state index is 13.2. The molecule has 1 aliphatic heterocycles. The van der Waals surface area contributed by atoms with Crippen LogP contribution in [0.5, 0.6) is 0 Å². The molecule has 6 heteroatoms. The Balaban J connectivity index is 1.62. The molecule has 3 aromatic rings. The quantitative estimate of drug-likeness (QED) is 0.762. The molecule has 1 atom stereocenters. The molecule has 0 bridgehead atoms. The summed E-state index contributed by atoms with van der Waals surface area (Å²) in [7, 11) is 0. The van der Waals surface area contributed by atoms with Crippen LogP contribution in [-0.4, -0.2) is 34.8 Å². The van der Waals surface area contributed by atoms with E-state index in [-0.39, 0.29) is 24.1 Å². The van der Waals surface area contributed by atoms with Crippen molar-refractivity contribution >= 4 is 22.7 Å². The SMILES string of the molecule is O=C1NCCN(C(=O)Cc2c[nH]c3ccccc23)C1c1ccc(F)cc1. The average molecular weight is 351 g/mol. The van der Waals surface area contributed by atoms with E-state index in [4.69, 9.17) is 0 Å². The number of aromatic nitrogens is 1. The van der Waals surface area contributed by atoms with Crippen molar-refractivity contribution in [1.29, 1.82) is 0 Å². The number of piperazine rings is 1. The zero-order chi connectivity index (χ0) is 18.1. The van der Waals surface area contributed by atoms with E-state index in [0.717, 1.165) is 16.5 Å². The first-order valence-electron chi connectivity index (χ1n) is 8.51. The summed E-state index contributed by atoms with van der Waals surface area (Å²) in [4.78, 5) is 30.1. The molecule has 1 unspecified atom stereocenters. The number of benzene rings is 2. The number of carbonyl (C=O) groups excluding carboxylic acids is 2. The molecule has 1 aliphatic rings. The molecule has 0 spiro atoms. The van der Waals surface area contributed by atoms with Crippen LogP contribution in [0.15, 0.2) is 54.7 Å². The van der Waals surface area contributed by atoms with E-state index in [1.165, 1.54) is 12.1 Å². The van der Waals surface area contributed by atoms with E-state index in [0.29, 0.717) is 18.7 Å². The fraction of sp³-hybridized carbons (Fsp3) is 0.200. The third-order valence-electron chi connectivity index (χ3n) is 4.73. The minimum Gasteiger partial charge on any atom is -0.361 e. The lowest BCUT2D eigenvalue weighted by atomic mass is 10.0. The highest BCUT2D eigenvalue weighted by molar-refractivity contribution is 5.93. The van der Waals surface area contributed by atoms with Crippen molar-refractivity contribution in [2.75, 3.05) is 13.1 Å². The third kappa shape index (κ3) is 2.94. The highest BCUT2D eigenvalue weighted by Gasteiger charge is 2.34. The molecule has 132 valence electrons. The molecule has 2 N–H and O–H groups in total. The molecule has 0 aliphatic carbocycles. The Morgan fingerprint density at radius 1 is 1.15 bits per heavy atom. The number of rotatable bonds is 3. The number of halogens is 1. The standard InChI is InChI=1S/C20H18FN3O2/c21-15-7-5-13(6-8-15)19-20(26)22-9-10-24(19)18(25)11-14-12-23-17-4-2-1-3-16(14)17/h1-8,12,19,23H,9-11H2,(H,22,26). The van der Waals surface area contributed by atoms with Gasteiger partial charge < -0.3 is 15.2 Å². The fourth-order valence-electron chi connectivity index (χ4n) is 3.45. The van der Waals surface area contributed by atoms with Crippen LogP contribution in [0.1, 0.15) is 17.2 Å². The minimum atomic E-state index is -0.734. The molecule has 5 nitrogen and oxygen atoms in total. The van der Waals surface area contributed by atoms with Gasteiger partial charge in [-0.2, -0.15) is 0 Å². The van der Waals surface area contributed by atoms with Crippen LogP contribution in [0.4, 0.5) is 4.39 Å². The lowest BCUT2D eigenvalue weighted by molar-refractivity contribution is -0.143. The van der Waals surface area contributed by atoms with Crippen molar-refractivity contribution in [1.82, 2.24) is 15.2 Å². The summed E-state index contributed by atoms with van der Waals surface area (Å²) in [5, 5.41) is 3.79. The molecular weight excluding hydrogens is 333 g/mol. The number of nitrogens with one attached hydrogen (secondary N) is 2. The van der Waals surface area contributed by atoms with Gasteiger partial charge in [0, 0.05) is 30.2 Å². The molecule has 0 saturated carbocycles. The van der Waals surface area contributed by atoms with Crippen LogP contribution in [0.25, 0.3) is 10.9 Å². The van der Waals surface area contributed by atoms with E-state index in [1.54, 1.807) is 17.0 Å². The normalized spacial score (nSPS) is 17.3. The Labute approximate surface area is 149 Å². The number of fused-ring (bicyclic) bond motifs is 1. The molecule has 4 rings (SSSR count). The Bertz CT molecular complexity index is 965. The van der Waals surface area contributed by atoms with Crippen LogP contribution in [-0.2, 0) is 16.0 Å². The molecule has 0 radical (unpaired) electrons. The first-order chi connectivity index (χ1) is 12.6. The number of hydrogen-bond acceptors (Lipinski definition) is 2. The van der Waals surface area contributed by atoms with Crippen molar-refractivity contribution in [2.24, 2.45) is 0 Å². The molecule has 1 fully saturated rings. The number of nitrogens with zero attached hydrogens (tertiary/aromatic N) is 1. The van der Waals surface area contributed by atoms with Gasteiger partial charge >= 0.3 is 0 Å². The van der Waals surface area contributed by atoms with Gasteiger partial charge in [0.1, 0.15) is 11.9 Å². The van der Waals surface area contributed by atoms with Gasteiger partial charge in [-0.15, -0.1) is 0 Å². The smallest absolute Gasteiger partial charge is 0.247 e. The molecule has 1 saturated heterocycles. The summed E-state index contributed by atoms with van der Waals surface area (Å²) < 4.78 is 13.2. The first-order valence-corrected chi connectivity index (χ1v) is 8.51. The lowest BCUT2D eigenvalue weighted by Crippen LogP contribution is -2.52. The zero-order valence-electron chi connectivity index (χ0n) is 14.0. The van der Waals surface area contributed by atoms with Crippen molar-refractivity contribution in [3.8, 4) is 0 Å². The maximum atomic E-state index is 13.2. The van der Waals surface area contributed by atoms with Crippen LogP contribution in [0.2, 0.25) is 0 Å². The monoisotopic (exact) mass is 351 g/mol. The highest BCUT2D eigenvalue weighted by Crippen LogP contribution is 2.26. The summed E-state index contributed by atoms with van der Waals surface area (Å²) in [5.41, 5.74) is 2.48. The third-order valence-corrected chi connectivity index (χ3v) is 4.73. The highest BCUT2D eigenvalue weighted by atomic mass is 19.1. The number of aromatic amines is 1. The van der Waals surface area contributed by atoms with Gasteiger partial charge in [-0.3, -0.25) is 9.59 Å². The Morgan fingerprint density at radius 3 is 2.73 bits per heavy atom. The van der Waals surface area contributed by atoms with Crippen LogP contribution in [0.3, 0.4) is 0 Å². The lowest BCUT2D eigenvalue weighted by Gasteiger charge is -2.35. The summed E-state index contributed by atoms with van der Waals surface area (Å²) in [6.07, 6.45) is 2.04. The van der Waals surface area contributed by atoms with E-state index in [2.05, 4.69) is 10.3 Å². The van der Waals surface area contributed by atoms with Crippen molar-refractivity contribution < 1.29 is 14.0 Å². The maximum Gasteiger partial charge on any atom is 0.247 e. The number of amides is 2. The Kier molecular flexibility index (Phi) is 4.16. The predicted molar refractivity (Wildman–Crippen MR) is 95.9 cm³/mol. The molecule has 2 aromatic carbocycles. The van der Waals surface area contributed by atoms with Gasteiger partial charge in [-0.25, -0.2) is 4.39 Å². The number of carbonyl (C=O) groups is 2. The number of para-hydroxylation sites is 1. The second kappa shape index (κ2) is 6.63. The molecular formula is C20H18FN3O2. The van der Waals surface area contributed by atoms with Gasteiger partial charge in [-0.05, 0) is 29.3 Å². The Morgan fingerprint density at radius 2 is 1.92 bits per heavy atom. The molecule has 2 heterocycles. The van der Waals surface area contributed by atoms with Gasteiger partial charge in [0.25, 0.3) is 0 Å². The topological polar surface area (TPSA) is 65.2 Å². The zero-order valence-corrected chi connectivity index (χ0v) is 14.0. The van der Waals surface area contributed by atoms with Gasteiger partial charge in [0.05, 0.1) is 6.42 Å². The average Bonchev–Trinajstić information content (AvgIpc) is 3.05. The summed E-state index contributed by atoms with van der Waals surface area (Å²) >= 11 is 0. The number of hydrogen-bond donors (Lipinski definition) is 2. The second-order valence-corrected chi connectivity index (χ2v) is 6.37. The minimum absolute atomic E-state index is 0.126. The van der Waals surface area contributed by atoms with Gasteiger partial charge in [0.2, 0.25) is 11.8 Å². The van der Waals surface area contributed by atoms with Crippen LogP contribution >= 0.6 is 0 Å². The van der Waals surface area contributed by atoms with Crippen LogP contribution in [0, 0.1) is 5.82 Å². The molecule has 2 amide bonds. The molecule has 1 aromatic heterocycles. The van der Waals surface area contributed by atoms with Crippen molar-refractivity contribution in [3.63, 3.8) is 0 Å².